The molecule has 0 radical (unpaired) electrons. The number of nitriles is 1. The quantitative estimate of drug-likeness (QED) is 0.406. The molecule has 0 bridgehead atoms. The lowest BCUT2D eigenvalue weighted by molar-refractivity contribution is -0.117. The monoisotopic (exact) mass is 427 g/mol. The van der Waals surface area contributed by atoms with Gasteiger partial charge in [-0.25, -0.2) is 0 Å². The molecule has 0 aliphatic heterocycles. The van der Waals surface area contributed by atoms with Gasteiger partial charge in [0.25, 0.3) is 5.91 Å². The van der Waals surface area contributed by atoms with Gasteiger partial charge in [-0.1, -0.05) is 55.7 Å². The van der Waals surface area contributed by atoms with Crippen LogP contribution in [-0.4, -0.2) is 23.1 Å². The lowest BCUT2D eigenvalue weighted by Gasteiger charge is -2.22. The van der Waals surface area contributed by atoms with Gasteiger partial charge in [-0.2, -0.15) is 5.26 Å². The SMILES string of the molecule is Cc1ccccc1OCCn1cc(/C=C(\C#N)C(=O)NC2CCCCC2)c2ccccc21. The molecule has 0 spiro atoms. The molecule has 1 aliphatic carbocycles. The summed E-state index contributed by atoms with van der Waals surface area (Å²) in [5.41, 5.74) is 3.18. The molecule has 164 valence electrons. The number of nitrogens with one attached hydrogen (secondary N) is 1. The highest BCUT2D eigenvalue weighted by Gasteiger charge is 2.18. The Morgan fingerprint density at radius 1 is 1.16 bits per heavy atom. The van der Waals surface area contributed by atoms with Gasteiger partial charge < -0.3 is 14.6 Å². The summed E-state index contributed by atoms with van der Waals surface area (Å²) in [6.07, 6.45) is 9.18. The van der Waals surface area contributed by atoms with Gasteiger partial charge in [-0.3, -0.25) is 4.79 Å². The molecule has 0 unspecified atom stereocenters. The summed E-state index contributed by atoms with van der Waals surface area (Å²) < 4.78 is 8.09. The van der Waals surface area contributed by atoms with Crippen molar-refractivity contribution in [2.75, 3.05) is 6.61 Å². The van der Waals surface area contributed by atoms with Crippen molar-refractivity contribution in [2.24, 2.45) is 0 Å². The molecule has 1 aromatic heterocycles. The molecule has 2 aromatic carbocycles. The zero-order valence-corrected chi connectivity index (χ0v) is 18.5. The summed E-state index contributed by atoms with van der Waals surface area (Å²) in [5.74, 6) is 0.606. The van der Waals surface area contributed by atoms with Gasteiger partial charge >= 0.3 is 0 Å². The van der Waals surface area contributed by atoms with E-state index in [0.717, 1.165) is 53.5 Å². The molecule has 1 aliphatic rings. The Morgan fingerprint density at radius 3 is 2.69 bits per heavy atom. The number of benzene rings is 2. The fourth-order valence-corrected chi connectivity index (χ4v) is 4.36. The highest BCUT2D eigenvalue weighted by Crippen LogP contribution is 2.25. The number of aromatic nitrogens is 1. The molecule has 1 heterocycles. The number of ether oxygens (including phenoxy) is 1. The summed E-state index contributed by atoms with van der Waals surface area (Å²) >= 11 is 0. The normalized spacial score (nSPS) is 14.8. The molecule has 1 N–H and O–H groups in total. The third kappa shape index (κ3) is 5.03. The molecule has 32 heavy (non-hydrogen) atoms. The van der Waals surface area contributed by atoms with Gasteiger partial charge in [-0.15, -0.1) is 0 Å². The zero-order valence-electron chi connectivity index (χ0n) is 18.5. The van der Waals surface area contributed by atoms with Crippen LogP contribution in [0.1, 0.15) is 43.2 Å². The van der Waals surface area contributed by atoms with Crippen molar-refractivity contribution in [1.82, 2.24) is 9.88 Å². The fraction of sp³-hybridized carbons (Fsp3) is 0.333. The van der Waals surface area contributed by atoms with Crippen LogP contribution in [0, 0.1) is 18.3 Å². The minimum atomic E-state index is -0.279. The number of para-hydroxylation sites is 2. The molecule has 0 atom stereocenters. The van der Waals surface area contributed by atoms with Crippen LogP contribution < -0.4 is 10.1 Å². The number of hydrogen-bond donors (Lipinski definition) is 1. The fourth-order valence-electron chi connectivity index (χ4n) is 4.36. The second-order valence-corrected chi connectivity index (χ2v) is 8.39. The van der Waals surface area contributed by atoms with Gasteiger partial charge in [-0.05, 0) is 43.5 Å². The first-order chi connectivity index (χ1) is 15.7. The first kappa shape index (κ1) is 21.7. The number of fused-ring (bicyclic) bond motifs is 1. The van der Waals surface area contributed by atoms with E-state index in [-0.39, 0.29) is 17.5 Å². The van der Waals surface area contributed by atoms with E-state index < -0.39 is 0 Å². The Hall–Kier alpha value is -3.52. The smallest absolute Gasteiger partial charge is 0.262 e. The maximum absolute atomic E-state index is 12.7. The highest BCUT2D eigenvalue weighted by molar-refractivity contribution is 6.04. The summed E-state index contributed by atoms with van der Waals surface area (Å²) in [6, 6.07) is 18.3. The summed E-state index contributed by atoms with van der Waals surface area (Å²) in [6.45, 7) is 3.23. The van der Waals surface area contributed by atoms with E-state index >= 15 is 0 Å². The largest absolute Gasteiger partial charge is 0.491 e. The van der Waals surface area contributed by atoms with E-state index in [1.54, 1.807) is 6.08 Å². The van der Waals surface area contributed by atoms with Gasteiger partial charge in [0.1, 0.15) is 24.0 Å². The number of nitrogens with zero attached hydrogens (tertiary/aromatic N) is 2. The zero-order chi connectivity index (χ0) is 22.3. The molecular formula is C27H29N3O2. The van der Waals surface area contributed by atoms with Gasteiger partial charge in [0.05, 0.1) is 6.54 Å². The van der Waals surface area contributed by atoms with E-state index in [2.05, 4.69) is 22.0 Å². The van der Waals surface area contributed by atoms with Crippen LogP contribution in [0.15, 0.2) is 60.3 Å². The molecule has 1 fully saturated rings. The van der Waals surface area contributed by atoms with Crippen molar-refractivity contribution in [3.63, 3.8) is 0 Å². The van der Waals surface area contributed by atoms with Crippen LogP contribution in [0.4, 0.5) is 0 Å². The molecule has 0 saturated heterocycles. The molecule has 3 aromatic rings. The average molecular weight is 428 g/mol. The number of carbonyl (C=O) groups excluding carboxylic acids is 1. The minimum Gasteiger partial charge on any atom is -0.491 e. The Bertz CT molecular complexity index is 1160. The molecular weight excluding hydrogens is 398 g/mol. The Morgan fingerprint density at radius 2 is 1.91 bits per heavy atom. The number of carbonyl (C=O) groups is 1. The number of amides is 1. The highest BCUT2D eigenvalue weighted by atomic mass is 16.5. The third-order valence-corrected chi connectivity index (χ3v) is 6.11. The Labute approximate surface area is 189 Å². The van der Waals surface area contributed by atoms with Crippen LogP contribution in [0.5, 0.6) is 5.75 Å². The maximum Gasteiger partial charge on any atom is 0.262 e. The van der Waals surface area contributed by atoms with Crippen LogP contribution in [0.25, 0.3) is 17.0 Å². The minimum absolute atomic E-state index is 0.148. The first-order valence-corrected chi connectivity index (χ1v) is 11.3. The second-order valence-electron chi connectivity index (χ2n) is 8.39. The maximum atomic E-state index is 12.7. The van der Waals surface area contributed by atoms with Crippen LogP contribution in [0.2, 0.25) is 0 Å². The van der Waals surface area contributed by atoms with E-state index in [1.165, 1.54) is 6.42 Å². The number of rotatable bonds is 7. The number of hydrogen-bond acceptors (Lipinski definition) is 3. The second kappa shape index (κ2) is 10.2. The van der Waals surface area contributed by atoms with Crippen LogP contribution >= 0.6 is 0 Å². The Kier molecular flexibility index (Phi) is 6.91. The van der Waals surface area contributed by atoms with Crippen molar-refractivity contribution in [3.05, 3.63) is 71.4 Å². The molecule has 1 saturated carbocycles. The molecule has 5 heteroatoms. The number of aryl methyl sites for hydroxylation is 1. The van der Waals surface area contributed by atoms with E-state index in [4.69, 9.17) is 4.74 Å². The van der Waals surface area contributed by atoms with Gasteiger partial charge in [0.2, 0.25) is 0 Å². The van der Waals surface area contributed by atoms with Crippen molar-refractivity contribution >= 4 is 22.9 Å². The summed E-state index contributed by atoms with van der Waals surface area (Å²) in [5, 5.41) is 13.7. The van der Waals surface area contributed by atoms with Crippen LogP contribution in [0.3, 0.4) is 0 Å². The van der Waals surface area contributed by atoms with Gasteiger partial charge in [0.15, 0.2) is 0 Å². The van der Waals surface area contributed by atoms with E-state index in [9.17, 15) is 10.1 Å². The van der Waals surface area contributed by atoms with Crippen molar-refractivity contribution in [3.8, 4) is 11.8 Å². The summed E-state index contributed by atoms with van der Waals surface area (Å²) in [4.78, 5) is 12.7. The van der Waals surface area contributed by atoms with Crippen molar-refractivity contribution in [1.29, 1.82) is 5.26 Å². The Balaban J connectivity index is 1.52. The van der Waals surface area contributed by atoms with Crippen molar-refractivity contribution < 1.29 is 9.53 Å². The topological polar surface area (TPSA) is 67.0 Å². The summed E-state index contributed by atoms with van der Waals surface area (Å²) in [7, 11) is 0. The molecule has 4 rings (SSSR count). The van der Waals surface area contributed by atoms with Crippen LogP contribution in [-0.2, 0) is 11.3 Å². The van der Waals surface area contributed by atoms with E-state index in [1.807, 2.05) is 55.6 Å². The van der Waals surface area contributed by atoms with E-state index in [0.29, 0.717) is 13.2 Å². The third-order valence-electron chi connectivity index (χ3n) is 6.11. The molecule has 1 amide bonds. The standard InChI is InChI=1S/C27H29N3O2/c1-20-9-5-8-14-26(20)32-16-15-30-19-22(24-12-6-7-13-25(24)30)17-21(18-28)27(31)29-23-10-3-2-4-11-23/h5-9,12-14,17,19,23H,2-4,10-11,15-16H2,1H3,(H,29,31)/b21-17+. The van der Waals surface area contributed by atoms with Crippen molar-refractivity contribution in [2.45, 2.75) is 51.6 Å². The van der Waals surface area contributed by atoms with Gasteiger partial charge in [0, 0.05) is 28.7 Å². The molecule has 5 nitrogen and oxygen atoms in total. The first-order valence-electron chi connectivity index (χ1n) is 11.3. The lowest BCUT2D eigenvalue weighted by Crippen LogP contribution is -2.36. The predicted molar refractivity (Wildman–Crippen MR) is 127 cm³/mol. The lowest BCUT2D eigenvalue weighted by atomic mass is 9.95. The predicted octanol–water partition coefficient (Wildman–Crippen LogP) is 5.38. The average Bonchev–Trinajstić information content (AvgIpc) is 3.17.